The second-order valence-corrected chi connectivity index (χ2v) is 5.80. The number of hydrogen-bond donors (Lipinski definition) is 1. The van der Waals surface area contributed by atoms with Gasteiger partial charge in [-0.3, -0.25) is 0 Å². The van der Waals surface area contributed by atoms with E-state index in [1.54, 1.807) is 0 Å². The minimum atomic E-state index is 1.05. The zero-order valence-corrected chi connectivity index (χ0v) is 12.7. The summed E-state index contributed by atoms with van der Waals surface area (Å²) in [6, 6.07) is 6.83. The lowest BCUT2D eigenvalue weighted by Crippen LogP contribution is -2.44. The van der Waals surface area contributed by atoms with E-state index >= 15 is 0 Å². The maximum absolute atomic E-state index is 3.42. The summed E-state index contributed by atoms with van der Waals surface area (Å²) in [6.07, 6.45) is 3.51. The van der Waals surface area contributed by atoms with E-state index < -0.39 is 0 Å². The average molecular weight is 271 g/mol. The summed E-state index contributed by atoms with van der Waals surface area (Å²) in [6.45, 7) is 11.3. The van der Waals surface area contributed by atoms with Crippen molar-refractivity contribution in [3.05, 3.63) is 35.5 Å². The van der Waals surface area contributed by atoms with E-state index in [0.717, 1.165) is 26.1 Å². The number of aromatic nitrogens is 1. The van der Waals surface area contributed by atoms with Crippen molar-refractivity contribution in [2.75, 3.05) is 32.7 Å². The zero-order chi connectivity index (χ0) is 13.9. The molecule has 108 valence electrons. The third-order valence-corrected chi connectivity index (χ3v) is 4.37. The molecule has 1 fully saturated rings. The molecule has 1 aliphatic heterocycles. The van der Waals surface area contributed by atoms with Crippen LogP contribution in [0.2, 0.25) is 0 Å². The third kappa shape index (κ3) is 2.74. The van der Waals surface area contributed by atoms with Gasteiger partial charge in [0.2, 0.25) is 0 Å². The fourth-order valence-corrected chi connectivity index (χ4v) is 3.16. The van der Waals surface area contributed by atoms with Crippen molar-refractivity contribution >= 4 is 10.9 Å². The Morgan fingerprint density at radius 1 is 1.20 bits per heavy atom. The second-order valence-electron chi connectivity index (χ2n) is 5.80. The first kappa shape index (κ1) is 13.7. The Balaban J connectivity index is 1.81. The van der Waals surface area contributed by atoms with Crippen LogP contribution in [0.5, 0.6) is 0 Å². The summed E-state index contributed by atoms with van der Waals surface area (Å²) in [4.78, 5) is 2.57. The Morgan fingerprint density at radius 3 is 2.75 bits per heavy atom. The molecule has 20 heavy (non-hydrogen) atoms. The standard InChI is InChI=1S/C17H25N3/c1-3-20-13-15(6-9-19-10-7-18-8-11-19)16-12-14(2)4-5-17(16)20/h4-5,12-13,18H,3,6-11H2,1-2H3. The molecule has 2 aromatic rings. The van der Waals surface area contributed by atoms with E-state index in [1.165, 1.54) is 41.7 Å². The van der Waals surface area contributed by atoms with E-state index in [-0.39, 0.29) is 0 Å². The summed E-state index contributed by atoms with van der Waals surface area (Å²) in [5, 5.41) is 4.86. The lowest BCUT2D eigenvalue weighted by molar-refractivity contribution is 0.244. The van der Waals surface area contributed by atoms with Crippen LogP contribution >= 0.6 is 0 Å². The maximum atomic E-state index is 3.42. The lowest BCUT2D eigenvalue weighted by Gasteiger charge is -2.26. The highest BCUT2D eigenvalue weighted by Crippen LogP contribution is 2.23. The number of fused-ring (bicyclic) bond motifs is 1. The van der Waals surface area contributed by atoms with Crippen molar-refractivity contribution in [3.8, 4) is 0 Å². The van der Waals surface area contributed by atoms with Gasteiger partial charge in [0.25, 0.3) is 0 Å². The van der Waals surface area contributed by atoms with Gasteiger partial charge in [-0.1, -0.05) is 11.6 Å². The Kier molecular flexibility index (Phi) is 4.08. The van der Waals surface area contributed by atoms with Crippen LogP contribution in [0, 0.1) is 6.92 Å². The summed E-state index contributed by atoms with van der Waals surface area (Å²) in [5.74, 6) is 0. The highest BCUT2D eigenvalue weighted by atomic mass is 15.2. The van der Waals surface area contributed by atoms with Crippen LogP contribution in [0.15, 0.2) is 24.4 Å². The minimum Gasteiger partial charge on any atom is -0.347 e. The topological polar surface area (TPSA) is 20.2 Å². The first-order chi connectivity index (χ1) is 9.78. The van der Waals surface area contributed by atoms with Crippen LogP contribution in [0.1, 0.15) is 18.1 Å². The molecule has 0 bridgehead atoms. The average Bonchev–Trinajstić information content (AvgIpc) is 2.83. The third-order valence-electron chi connectivity index (χ3n) is 4.37. The number of nitrogens with zero attached hydrogens (tertiary/aromatic N) is 2. The number of aryl methyl sites for hydroxylation is 2. The molecule has 0 spiro atoms. The molecule has 0 atom stereocenters. The van der Waals surface area contributed by atoms with Crippen molar-refractivity contribution in [1.29, 1.82) is 0 Å². The van der Waals surface area contributed by atoms with Gasteiger partial charge in [-0.05, 0) is 38.0 Å². The Morgan fingerprint density at radius 2 is 2.00 bits per heavy atom. The van der Waals surface area contributed by atoms with Gasteiger partial charge in [0, 0.05) is 56.4 Å². The van der Waals surface area contributed by atoms with E-state index in [0.29, 0.717) is 0 Å². The SMILES string of the molecule is CCn1cc(CCN2CCNCC2)c2cc(C)ccc21. The monoisotopic (exact) mass is 271 g/mol. The Labute approximate surface area is 121 Å². The minimum absolute atomic E-state index is 1.05. The van der Waals surface area contributed by atoms with Gasteiger partial charge in [0.1, 0.15) is 0 Å². The van der Waals surface area contributed by atoms with E-state index in [4.69, 9.17) is 0 Å². The largest absolute Gasteiger partial charge is 0.347 e. The first-order valence-corrected chi connectivity index (χ1v) is 7.79. The molecule has 3 heteroatoms. The quantitative estimate of drug-likeness (QED) is 0.921. The maximum Gasteiger partial charge on any atom is 0.0483 e. The molecule has 0 amide bonds. The van der Waals surface area contributed by atoms with Crippen molar-refractivity contribution in [2.24, 2.45) is 0 Å². The lowest BCUT2D eigenvalue weighted by atomic mass is 10.1. The van der Waals surface area contributed by atoms with Gasteiger partial charge in [0.05, 0.1) is 0 Å². The summed E-state index contributed by atoms with van der Waals surface area (Å²) >= 11 is 0. The van der Waals surface area contributed by atoms with Gasteiger partial charge in [0.15, 0.2) is 0 Å². The normalized spacial score (nSPS) is 16.9. The number of piperazine rings is 1. The molecule has 0 unspecified atom stereocenters. The highest BCUT2D eigenvalue weighted by Gasteiger charge is 2.12. The van der Waals surface area contributed by atoms with Crippen LogP contribution in [0.4, 0.5) is 0 Å². The van der Waals surface area contributed by atoms with Gasteiger partial charge in [-0.25, -0.2) is 0 Å². The number of hydrogen-bond acceptors (Lipinski definition) is 2. The Hall–Kier alpha value is -1.32. The van der Waals surface area contributed by atoms with Crippen LogP contribution in [0.25, 0.3) is 10.9 Å². The van der Waals surface area contributed by atoms with Crippen LogP contribution in [-0.4, -0.2) is 42.2 Å². The first-order valence-electron chi connectivity index (χ1n) is 7.79. The van der Waals surface area contributed by atoms with Gasteiger partial charge in [-0.2, -0.15) is 0 Å². The van der Waals surface area contributed by atoms with E-state index in [1.807, 2.05) is 0 Å². The van der Waals surface area contributed by atoms with Crippen LogP contribution < -0.4 is 5.32 Å². The smallest absolute Gasteiger partial charge is 0.0483 e. The molecule has 1 saturated heterocycles. The van der Waals surface area contributed by atoms with Crippen molar-refractivity contribution in [2.45, 2.75) is 26.8 Å². The van der Waals surface area contributed by atoms with Gasteiger partial charge >= 0.3 is 0 Å². The van der Waals surface area contributed by atoms with E-state index in [9.17, 15) is 0 Å². The predicted octanol–water partition coefficient (Wildman–Crippen LogP) is 2.42. The highest BCUT2D eigenvalue weighted by molar-refractivity contribution is 5.84. The number of nitrogens with one attached hydrogen (secondary N) is 1. The van der Waals surface area contributed by atoms with Crippen molar-refractivity contribution in [3.63, 3.8) is 0 Å². The zero-order valence-electron chi connectivity index (χ0n) is 12.7. The predicted molar refractivity (Wildman–Crippen MR) is 85.4 cm³/mol. The summed E-state index contributed by atoms with van der Waals surface area (Å²) in [7, 11) is 0. The molecular formula is C17H25N3. The molecule has 1 aromatic heterocycles. The van der Waals surface area contributed by atoms with Gasteiger partial charge in [-0.15, -0.1) is 0 Å². The molecular weight excluding hydrogens is 246 g/mol. The van der Waals surface area contributed by atoms with Gasteiger partial charge < -0.3 is 14.8 Å². The van der Waals surface area contributed by atoms with Crippen molar-refractivity contribution in [1.82, 2.24) is 14.8 Å². The van der Waals surface area contributed by atoms with Crippen LogP contribution in [-0.2, 0) is 13.0 Å². The fraction of sp³-hybridized carbons (Fsp3) is 0.529. The molecule has 2 heterocycles. The molecule has 3 nitrogen and oxygen atoms in total. The molecule has 0 radical (unpaired) electrons. The number of rotatable bonds is 4. The molecule has 0 aliphatic carbocycles. The second kappa shape index (κ2) is 5.98. The summed E-state index contributed by atoms with van der Waals surface area (Å²) in [5.41, 5.74) is 4.24. The summed E-state index contributed by atoms with van der Waals surface area (Å²) < 4.78 is 2.38. The van der Waals surface area contributed by atoms with Crippen LogP contribution in [0.3, 0.4) is 0 Å². The van der Waals surface area contributed by atoms with Crippen molar-refractivity contribution < 1.29 is 0 Å². The number of benzene rings is 1. The molecule has 3 rings (SSSR count). The molecule has 1 N–H and O–H groups in total. The molecule has 1 aliphatic rings. The van der Waals surface area contributed by atoms with E-state index in [2.05, 4.69) is 53.0 Å². The molecule has 0 saturated carbocycles. The fourth-order valence-electron chi connectivity index (χ4n) is 3.16. The Bertz CT molecular complexity index is 579. The molecule has 1 aromatic carbocycles.